The first-order valence-electron chi connectivity index (χ1n) is 6.90. The molecule has 0 aliphatic heterocycles. The summed E-state index contributed by atoms with van der Waals surface area (Å²) < 4.78 is 11.4. The monoisotopic (exact) mass is 366 g/mol. The second-order valence-corrected chi connectivity index (χ2v) is 6.10. The first kappa shape index (κ1) is 16.5. The maximum absolute atomic E-state index is 12.4. The standard InChI is InChI=1S/C16H19BrN2O3/c1-10-14(11(2)22-18-10)8-16(20)19(3)9-12-7-13(17)5-6-15(12)21-4/h5-7H,8-9H2,1-4H3. The average molecular weight is 367 g/mol. The number of likely N-dealkylation sites (N-methyl/N-ethyl adjacent to an activating group) is 1. The number of halogens is 1. The Kier molecular flexibility index (Phi) is 5.24. The van der Waals surface area contributed by atoms with Gasteiger partial charge in [0.05, 0.1) is 19.2 Å². The lowest BCUT2D eigenvalue weighted by Gasteiger charge is -2.19. The smallest absolute Gasteiger partial charge is 0.227 e. The van der Waals surface area contributed by atoms with Crippen molar-refractivity contribution in [1.82, 2.24) is 10.1 Å². The molecule has 1 aromatic heterocycles. The zero-order chi connectivity index (χ0) is 16.3. The van der Waals surface area contributed by atoms with Crippen molar-refractivity contribution >= 4 is 21.8 Å². The molecule has 22 heavy (non-hydrogen) atoms. The number of nitrogens with zero attached hydrogens (tertiary/aromatic N) is 2. The first-order chi connectivity index (χ1) is 10.4. The van der Waals surface area contributed by atoms with Gasteiger partial charge in [-0.2, -0.15) is 0 Å². The van der Waals surface area contributed by atoms with Crippen LogP contribution in [0.1, 0.15) is 22.6 Å². The first-order valence-corrected chi connectivity index (χ1v) is 7.69. The Bertz CT molecular complexity index is 663. The summed E-state index contributed by atoms with van der Waals surface area (Å²) in [5, 5.41) is 3.88. The molecule has 0 aliphatic carbocycles. The highest BCUT2D eigenvalue weighted by Gasteiger charge is 2.17. The number of aryl methyl sites for hydroxylation is 2. The predicted molar refractivity (Wildman–Crippen MR) is 86.8 cm³/mol. The third kappa shape index (κ3) is 3.68. The van der Waals surface area contributed by atoms with Gasteiger partial charge in [0.1, 0.15) is 11.5 Å². The minimum absolute atomic E-state index is 0.0106. The molecular formula is C16H19BrN2O3. The molecule has 0 saturated carbocycles. The van der Waals surface area contributed by atoms with Crippen molar-refractivity contribution in [2.24, 2.45) is 0 Å². The molecule has 0 saturated heterocycles. The fraction of sp³-hybridized carbons (Fsp3) is 0.375. The number of hydrogen-bond acceptors (Lipinski definition) is 4. The molecule has 6 heteroatoms. The molecule has 0 bridgehead atoms. The van der Waals surface area contributed by atoms with Crippen LogP contribution in [0.2, 0.25) is 0 Å². The Morgan fingerprint density at radius 2 is 2.14 bits per heavy atom. The largest absolute Gasteiger partial charge is 0.496 e. The van der Waals surface area contributed by atoms with Crippen LogP contribution in [0.3, 0.4) is 0 Å². The fourth-order valence-electron chi connectivity index (χ4n) is 2.25. The van der Waals surface area contributed by atoms with E-state index >= 15 is 0 Å². The topological polar surface area (TPSA) is 55.6 Å². The third-order valence-electron chi connectivity index (χ3n) is 3.58. The van der Waals surface area contributed by atoms with Gasteiger partial charge in [0.15, 0.2) is 0 Å². The summed E-state index contributed by atoms with van der Waals surface area (Å²) in [5.41, 5.74) is 2.57. The van der Waals surface area contributed by atoms with E-state index in [1.165, 1.54) is 0 Å². The molecule has 0 fully saturated rings. The zero-order valence-electron chi connectivity index (χ0n) is 13.1. The second-order valence-electron chi connectivity index (χ2n) is 5.19. The van der Waals surface area contributed by atoms with Gasteiger partial charge in [0.25, 0.3) is 0 Å². The van der Waals surface area contributed by atoms with Gasteiger partial charge in [-0.3, -0.25) is 4.79 Å². The lowest BCUT2D eigenvalue weighted by Crippen LogP contribution is -2.28. The molecule has 0 radical (unpaired) electrons. The van der Waals surface area contributed by atoms with Crippen molar-refractivity contribution in [1.29, 1.82) is 0 Å². The van der Waals surface area contributed by atoms with E-state index in [1.807, 2.05) is 32.0 Å². The zero-order valence-corrected chi connectivity index (χ0v) is 14.7. The number of benzene rings is 1. The summed E-state index contributed by atoms with van der Waals surface area (Å²) in [4.78, 5) is 14.1. The molecule has 0 aliphatic rings. The maximum Gasteiger partial charge on any atom is 0.227 e. The minimum atomic E-state index is 0.0106. The molecule has 5 nitrogen and oxygen atoms in total. The highest BCUT2D eigenvalue weighted by Crippen LogP contribution is 2.24. The summed E-state index contributed by atoms with van der Waals surface area (Å²) in [6.07, 6.45) is 0.286. The highest BCUT2D eigenvalue weighted by atomic mass is 79.9. The number of rotatable bonds is 5. The Morgan fingerprint density at radius 3 is 2.73 bits per heavy atom. The van der Waals surface area contributed by atoms with Gasteiger partial charge in [0, 0.05) is 29.2 Å². The van der Waals surface area contributed by atoms with Crippen LogP contribution in [0.4, 0.5) is 0 Å². The molecule has 1 aromatic carbocycles. The van der Waals surface area contributed by atoms with E-state index in [4.69, 9.17) is 9.26 Å². The van der Waals surface area contributed by atoms with Gasteiger partial charge in [-0.05, 0) is 32.0 Å². The van der Waals surface area contributed by atoms with Gasteiger partial charge in [-0.25, -0.2) is 0 Å². The minimum Gasteiger partial charge on any atom is -0.496 e. The second kappa shape index (κ2) is 6.96. The van der Waals surface area contributed by atoms with Crippen LogP contribution in [-0.4, -0.2) is 30.1 Å². The van der Waals surface area contributed by atoms with Gasteiger partial charge in [-0.1, -0.05) is 21.1 Å². The number of carbonyl (C=O) groups excluding carboxylic acids is 1. The Balaban J connectivity index is 2.10. The van der Waals surface area contributed by atoms with E-state index in [9.17, 15) is 4.79 Å². The number of hydrogen-bond donors (Lipinski definition) is 0. The molecule has 0 spiro atoms. The Labute approximate surface area is 138 Å². The van der Waals surface area contributed by atoms with E-state index in [2.05, 4.69) is 21.1 Å². The highest BCUT2D eigenvalue weighted by molar-refractivity contribution is 9.10. The quantitative estimate of drug-likeness (QED) is 0.814. The van der Waals surface area contributed by atoms with Crippen molar-refractivity contribution in [2.45, 2.75) is 26.8 Å². The van der Waals surface area contributed by atoms with Crippen molar-refractivity contribution in [2.75, 3.05) is 14.2 Å². The summed E-state index contributed by atoms with van der Waals surface area (Å²) in [5.74, 6) is 1.47. The Morgan fingerprint density at radius 1 is 1.41 bits per heavy atom. The lowest BCUT2D eigenvalue weighted by molar-refractivity contribution is -0.129. The van der Waals surface area contributed by atoms with Gasteiger partial charge < -0.3 is 14.2 Å². The molecule has 1 amide bonds. The lowest BCUT2D eigenvalue weighted by atomic mass is 10.1. The van der Waals surface area contributed by atoms with E-state index in [0.717, 1.165) is 27.0 Å². The summed E-state index contributed by atoms with van der Waals surface area (Å²) in [7, 11) is 3.40. The van der Waals surface area contributed by atoms with Crippen molar-refractivity contribution in [3.63, 3.8) is 0 Å². The summed E-state index contributed by atoms with van der Waals surface area (Å²) in [6.45, 7) is 4.14. The number of aromatic nitrogens is 1. The third-order valence-corrected chi connectivity index (χ3v) is 4.08. The van der Waals surface area contributed by atoms with Gasteiger partial charge in [-0.15, -0.1) is 0 Å². The van der Waals surface area contributed by atoms with E-state index in [0.29, 0.717) is 12.3 Å². The van der Waals surface area contributed by atoms with Crippen LogP contribution >= 0.6 is 15.9 Å². The molecule has 118 valence electrons. The maximum atomic E-state index is 12.4. The molecule has 0 N–H and O–H groups in total. The van der Waals surface area contributed by atoms with Crippen LogP contribution in [0.5, 0.6) is 5.75 Å². The SMILES string of the molecule is COc1ccc(Br)cc1CN(C)C(=O)Cc1c(C)noc1C. The van der Waals surface area contributed by atoms with E-state index in [-0.39, 0.29) is 12.3 Å². The van der Waals surface area contributed by atoms with Crippen LogP contribution in [0, 0.1) is 13.8 Å². The normalized spacial score (nSPS) is 10.6. The van der Waals surface area contributed by atoms with Crippen molar-refractivity contribution in [3.8, 4) is 5.75 Å². The predicted octanol–water partition coefficient (Wildman–Crippen LogP) is 3.26. The number of methoxy groups -OCH3 is 1. The van der Waals surface area contributed by atoms with Crippen LogP contribution in [0.25, 0.3) is 0 Å². The summed E-state index contributed by atoms with van der Waals surface area (Å²) >= 11 is 3.44. The van der Waals surface area contributed by atoms with Crippen LogP contribution in [-0.2, 0) is 17.8 Å². The molecular weight excluding hydrogens is 348 g/mol. The van der Waals surface area contributed by atoms with Gasteiger partial charge >= 0.3 is 0 Å². The Hall–Kier alpha value is -1.82. The molecule has 0 unspecified atom stereocenters. The average Bonchev–Trinajstić information content (AvgIpc) is 2.79. The molecule has 0 atom stereocenters. The number of ether oxygens (including phenoxy) is 1. The van der Waals surface area contributed by atoms with Crippen LogP contribution < -0.4 is 4.74 Å². The molecule has 1 heterocycles. The molecule has 2 aromatic rings. The molecule has 2 rings (SSSR count). The van der Waals surface area contributed by atoms with E-state index < -0.39 is 0 Å². The van der Waals surface area contributed by atoms with Gasteiger partial charge in [0.2, 0.25) is 5.91 Å². The van der Waals surface area contributed by atoms with Crippen molar-refractivity contribution < 1.29 is 14.1 Å². The summed E-state index contributed by atoms with van der Waals surface area (Å²) in [6, 6.07) is 5.75. The van der Waals surface area contributed by atoms with Crippen molar-refractivity contribution in [3.05, 3.63) is 45.3 Å². The fourth-order valence-corrected chi connectivity index (χ4v) is 2.66. The number of amides is 1. The number of carbonyl (C=O) groups is 1. The van der Waals surface area contributed by atoms with E-state index in [1.54, 1.807) is 19.1 Å². The van der Waals surface area contributed by atoms with Crippen LogP contribution in [0.15, 0.2) is 27.2 Å².